The average Bonchev–Trinajstić information content (AvgIpc) is 2.89. The standard InChI is InChI=1S/C25H30Cl2/c1-13-9-17-19(21(26)15(13)3)25(11-23(17,5)6)12-24(7,8)18-10-14(2)16(4)22(27)20(18)25/h9-10H,11-12H2,1-8H3. The molecule has 0 unspecified atom stereocenters. The highest BCUT2D eigenvalue weighted by Gasteiger charge is 2.58. The van der Waals surface area contributed by atoms with Crippen molar-refractivity contribution in [3.8, 4) is 0 Å². The van der Waals surface area contributed by atoms with Gasteiger partial charge in [0.25, 0.3) is 0 Å². The summed E-state index contributed by atoms with van der Waals surface area (Å²) in [6, 6.07) is 4.76. The first-order valence-electron chi connectivity index (χ1n) is 9.95. The molecule has 4 rings (SSSR count). The first kappa shape index (κ1) is 19.3. The molecule has 0 heterocycles. The van der Waals surface area contributed by atoms with Crippen LogP contribution in [0.3, 0.4) is 0 Å². The molecule has 0 bridgehead atoms. The molecule has 0 nitrogen and oxygen atoms in total. The van der Waals surface area contributed by atoms with E-state index in [-0.39, 0.29) is 16.2 Å². The van der Waals surface area contributed by atoms with Gasteiger partial charge >= 0.3 is 0 Å². The molecule has 0 radical (unpaired) electrons. The van der Waals surface area contributed by atoms with Gasteiger partial charge in [-0.05, 0) is 95.9 Å². The average molecular weight is 401 g/mol. The minimum absolute atomic E-state index is 0.0806. The molecular weight excluding hydrogens is 371 g/mol. The smallest absolute Gasteiger partial charge is 0.0481 e. The van der Waals surface area contributed by atoms with Gasteiger partial charge in [-0.1, -0.05) is 63.0 Å². The monoisotopic (exact) mass is 400 g/mol. The van der Waals surface area contributed by atoms with Crippen molar-refractivity contribution in [3.63, 3.8) is 0 Å². The predicted octanol–water partition coefficient (Wildman–Crippen LogP) is 7.88. The van der Waals surface area contributed by atoms with Crippen LogP contribution in [0, 0.1) is 27.7 Å². The Bertz CT molecular complexity index is 911. The van der Waals surface area contributed by atoms with E-state index in [0.29, 0.717) is 0 Å². The van der Waals surface area contributed by atoms with E-state index in [1.807, 2.05) is 0 Å². The number of benzene rings is 2. The van der Waals surface area contributed by atoms with Crippen molar-refractivity contribution in [2.24, 2.45) is 0 Å². The molecule has 27 heavy (non-hydrogen) atoms. The van der Waals surface area contributed by atoms with Crippen molar-refractivity contribution < 1.29 is 0 Å². The molecule has 0 fully saturated rings. The lowest BCUT2D eigenvalue weighted by molar-refractivity contribution is 0.350. The molecule has 0 atom stereocenters. The first-order chi connectivity index (χ1) is 12.3. The first-order valence-corrected chi connectivity index (χ1v) is 10.7. The van der Waals surface area contributed by atoms with Crippen LogP contribution in [0.4, 0.5) is 0 Å². The maximum Gasteiger partial charge on any atom is 0.0481 e. The van der Waals surface area contributed by atoms with Gasteiger partial charge in [-0.3, -0.25) is 0 Å². The predicted molar refractivity (Wildman–Crippen MR) is 118 cm³/mol. The van der Waals surface area contributed by atoms with Gasteiger partial charge in [0.2, 0.25) is 0 Å². The summed E-state index contributed by atoms with van der Waals surface area (Å²) >= 11 is 14.2. The van der Waals surface area contributed by atoms with Crippen LogP contribution in [0.15, 0.2) is 12.1 Å². The molecule has 0 N–H and O–H groups in total. The zero-order valence-corrected chi connectivity index (χ0v) is 19.3. The van der Waals surface area contributed by atoms with E-state index >= 15 is 0 Å². The number of hydrogen-bond acceptors (Lipinski definition) is 0. The summed E-state index contributed by atoms with van der Waals surface area (Å²) in [4.78, 5) is 0. The van der Waals surface area contributed by atoms with Gasteiger partial charge in [-0.25, -0.2) is 0 Å². The fourth-order valence-corrected chi connectivity index (χ4v) is 6.86. The summed E-state index contributed by atoms with van der Waals surface area (Å²) in [5.41, 5.74) is 10.6. The van der Waals surface area contributed by atoms with Crippen LogP contribution in [-0.2, 0) is 16.2 Å². The molecule has 0 saturated heterocycles. The Labute approximate surface area is 174 Å². The van der Waals surface area contributed by atoms with Crippen LogP contribution in [0.1, 0.15) is 85.0 Å². The second kappa shape index (κ2) is 5.55. The lowest BCUT2D eigenvalue weighted by Crippen LogP contribution is -2.27. The minimum atomic E-state index is -0.0945. The van der Waals surface area contributed by atoms with Crippen molar-refractivity contribution >= 4 is 23.2 Å². The molecule has 0 aromatic heterocycles. The van der Waals surface area contributed by atoms with Crippen molar-refractivity contribution in [1.29, 1.82) is 0 Å². The van der Waals surface area contributed by atoms with E-state index in [0.717, 1.165) is 22.9 Å². The van der Waals surface area contributed by atoms with Crippen LogP contribution in [0.2, 0.25) is 10.0 Å². The topological polar surface area (TPSA) is 0 Å². The molecule has 2 aromatic rings. The second-order valence-corrected chi connectivity index (χ2v) is 11.1. The number of fused-ring (bicyclic) bond motifs is 4. The van der Waals surface area contributed by atoms with Gasteiger partial charge in [0.05, 0.1) is 0 Å². The Morgan fingerprint density at radius 3 is 1.33 bits per heavy atom. The summed E-state index contributed by atoms with van der Waals surface area (Å²) in [5.74, 6) is 0. The maximum atomic E-state index is 7.08. The van der Waals surface area contributed by atoms with Crippen molar-refractivity contribution in [3.05, 3.63) is 66.7 Å². The van der Waals surface area contributed by atoms with Gasteiger partial charge in [0.15, 0.2) is 0 Å². The molecule has 0 aliphatic heterocycles. The zero-order chi connectivity index (χ0) is 20.1. The fourth-order valence-electron chi connectivity index (χ4n) is 6.00. The molecule has 2 aliphatic rings. The molecule has 144 valence electrons. The van der Waals surface area contributed by atoms with Crippen molar-refractivity contribution in [2.75, 3.05) is 0 Å². The highest BCUT2D eigenvalue weighted by Crippen LogP contribution is 2.66. The SMILES string of the molecule is Cc1cc2c(c(Cl)c1C)C1(CC2(C)C)CC(C)(C)c2cc(C)c(C)c(Cl)c21. The zero-order valence-electron chi connectivity index (χ0n) is 17.8. The lowest BCUT2D eigenvalue weighted by Gasteiger charge is -2.32. The van der Waals surface area contributed by atoms with Gasteiger partial charge in [0.1, 0.15) is 0 Å². The summed E-state index contributed by atoms with van der Waals surface area (Å²) in [6.45, 7) is 18.1. The van der Waals surface area contributed by atoms with Gasteiger partial charge < -0.3 is 0 Å². The number of aryl methyl sites for hydroxylation is 2. The molecule has 1 spiro atoms. The van der Waals surface area contributed by atoms with Crippen molar-refractivity contribution in [2.45, 2.75) is 84.5 Å². The molecule has 0 saturated carbocycles. The van der Waals surface area contributed by atoms with Gasteiger partial charge in [0, 0.05) is 15.5 Å². The van der Waals surface area contributed by atoms with Crippen LogP contribution in [-0.4, -0.2) is 0 Å². The summed E-state index contributed by atoms with van der Waals surface area (Å²) in [5, 5.41) is 1.90. The van der Waals surface area contributed by atoms with E-state index in [1.165, 1.54) is 44.5 Å². The lowest BCUT2D eigenvalue weighted by atomic mass is 9.72. The highest BCUT2D eigenvalue weighted by molar-refractivity contribution is 6.33. The van der Waals surface area contributed by atoms with Crippen molar-refractivity contribution in [1.82, 2.24) is 0 Å². The molecule has 0 amide bonds. The molecule has 2 aliphatic carbocycles. The minimum Gasteiger partial charge on any atom is -0.0837 e. The third-order valence-corrected chi connectivity index (χ3v) is 8.39. The molecule has 2 heteroatoms. The van der Waals surface area contributed by atoms with Crippen LogP contribution in [0.5, 0.6) is 0 Å². The number of halogens is 2. The quantitative estimate of drug-likeness (QED) is 0.421. The number of rotatable bonds is 0. The van der Waals surface area contributed by atoms with E-state index in [1.54, 1.807) is 0 Å². The Morgan fingerprint density at radius 2 is 1.00 bits per heavy atom. The third kappa shape index (κ3) is 2.36. The van der Waals surface area contributed by atoms with Gasteiger partial charge in [-0.15, -0.1) is 0 Å². The summed E-state index contributed by atoms with van der Waals surface area (Å²) in [6.07, 6.45) is 2.13. The van der Waals surface area contributed by atoms with Crippen LogP contribution in [0.25, 0.3) is 0 Å². The number of hydrogen-bond donors (Lipinski definition) is 0. The largest absolute Gasteiger partial charge is 0.0837 e. The maximum absolute atomic E-state index is 7.08. The Balaban J connectivity index is 2.16. The Morgan fingerprint density at radius 1 is 0.667 bits per heavy atom. The van der Waals surface area contributed by atoms with E-state index in [2.05, 4.69) is 67.5 Å². The summed E-state index contributed by atoms with van der Waals surface area (Å²) in [7, 11) is 0. The molecular formula is C25H30Cl2. The Hall–Kier alpha value is -0.980. The van der Waals surface area contributed by atoms with E-state index in [9.17, 15) is 0 Å². The third-order valence-electron chi connectivity index (χ3n) is 7.44. The van der Waals surface area contributed by atoms with Crippen LogP contribution >= 0.6 is 23.2 Å². The summed E-state index contributed by atoms with van der Waals surface area (Å²) < 4.78 is 0. The van der Waals surface area contributed by atoms with E-state index in [4.69, 9.17) is 23.2 Å². The fraction of sp³-hybridized carbons (Fsp3) is 0.520. The highest BCUT2D eigenvalue weighted by atomic mass is 35.5. The van der Waals surface area contributed by atoms with Crippen LogP contribution < -0.4 is 0 Å². The normalized spacial score (nSPS) is 20.8. The Kier molecular flexibility index (Phi) is 3.97. The second-order valence-electron chi connectivity index (χ2n) is 10.3. The van der Waals surface area contributed by atoms with Gasteiger partial charge in [-0.2, -0.15) is 0 Å². The van der Waals surface area contributed by atoms with E-state index < -0.39 is 0 Å². The molecule has 2 aromatic carbocycles.